The Morgan fingerprint density at radius 2 is 1.73 bits per heavy atom. The minimum absolute atomic E-state index is 0.506. The molecule has 2 nitrogen and oxygen atoms in total. The summed E-state index contributed by atoms with van der Waals surface area (Å²) < 4.78 is 2.37. The number of nitrogens with zero attached hydrogens (tertiary/aromatic N) is 2. The second-order valence-corrected chi connectivity index (χ2v) is 6.45. The number of rotatable bonds is 9. The third kappa shape index (κ3) is 5.01. The lowest BCUT2D eigenvalue weighted by atomic mass is 10.1. The molecule has 0 aliphatic rings. The minimum Gasteiger partial charge on any atom is -0.332 e. The molecule has 0 spiro atoms. The zero-order valence-corrected chi connectivity index (χ0v) is 14.4. The number of unbranched alkanes of at least 4 members (excludes halogenated alkanes) is 2. The van der Waals surface area contributed by atoms with Crippen molar-refractivity contribution in [2.75, 3.05) is 0 Å². The van der Waals surface area contributed by atoms with Crippen LogP contribution in [-0.2, 0) is 19.3 Å². The van der Waals surface area contributed by atoms with E-state index in [9.17, 15) is 0 Å². The summed E-state index contributed by atoms with van der Waals surface area (Å²) in [4.78, 5) is 4.90. The first-order chi connectivity index (χ1) is 10.7. The predicted octanol–water partition coefficient (Wildman–Crippen LogP) is 5.37. The fourth-order valence-electron chi connectivity index (χ4n) is 2.89. The maximum atomic E-state index is 4.90. The summed E-state index contributed by atoms with van der Waals surface area (Å²) in [5.41, 5.74) is 2.69. The summed E-state index contributed by atoms with van der Waals surface area (Å²) in [6, 6.07) is 11.2. The van der Waals surface area contributed by atoms with E-state index in [4.69, 9.17) is 4.98 Å². The molecule has 120 valence electrons. The molecule has 2 rings (SSSR count). The van der Waals surface area contributed by atoms with E-state index in [1.165, 1.54) is 42.8 Å². The van der Waals surface area contributed by atoms with E-state index < -0.39 is 0 Å². The van der Waals surface area contributed by atoms with Gasteiger partial charge in [0.25, 0.3) is 0 Å². The van der Waals surface area contributed by atoms with Crippen LogP contribution in [0.2, 0.25) is 0 Å². The maximum absolute atomic E-state index is 4.90. The topological polar surface area (TPSA) is 17.8 Å². The zero-order valence-electron chi connectivity index (χ0n) is 14.4. The lowest BCUT2D eigenvalue weighted by molar-refractivity contribution is 0.554. The average molecular weight is 298 g/mol. The molecule has 0 N–H and O–H groups in total. The highest BCUT2D eigenvalue weighted by atomic mass is 15.1. The summed E-state index contributed by atoms with van der Waals surface area (Å²) in [7, 11) is 0. The Balaban J connectivity index is 1.91. The van der Waals surface area contributed by atoms with Gasteiger partial charge in [-0.15, -0.1) is 0 Å². The van der Waals surface area contributed by atoms with Crippen molar-refractivity contribution in [3.63, 3.8) is 0 Å². The number of hydrogen-bond donors (Lipinski definition) is 0. The maximum Gasteiger partial charge on any atom is 0.109 e. The highest BCUT2D eigenvalue weighted by Crippen LogP contribution is 2.16. The molecule has 0 atom stereocenters. The van der Waals surface area contributed by atoms with Gasteiger partial charge in [0.1, 0.15) is 5.82 Å². The molecule has 1 heterocycles. The lowest BCUT2D eigenvalue weighted by Crippen LogP contribution is -2.05. The predicted molar refractivity (Wildman–Crippen MR) is 94.3 cm³/mol. The van der Waals surface area contributed by atoms with Gasteiger partial charge in [-0.1, -0.05) is 50.1 Å². The molecule has 22 heavy (non-hydrogen) atoms. The van der Waals surface area contributed by atoms with Gasteiger partial charge in [0.15, 0.2) is 0 Å². The van der Waals surface area contributed by atoms with Crippen LogP contribution >= 0.6 is 0 Å². The van der Waals surface area contributed by atoms with E-state index in [0.717, 1.165) is 19.3 Å². The van der Waals surface area contributed by atoms with Gasteiger partial charge in [-0.3, -0.25) is 0 Å². The van der Waals surface area contributed by atoms with E-state index in [1.54, 1.807) is 0 Å². The number of aryl methyl sites for hydroxylation is 3. The fourth-order valence-corrected chi connectivity index (χ4v) is 2.89. The van der Waals surface area contributed by atoms with Crippen LogP contribution in [0, 0.1) is 0 Å². The smallest absolute Gasteiger partial charge is 0.109 e. The lowest BCUT2D eigenvalue weighted by Gasteiger charge is -2.10. The zero-order chi connectivity index (χ0) is 15.8. The highest BCUT2D eigenvalue weighted by molar-refractivity contribution is 5.15. The Morgan fingerprint density at radius 3 is 2.41 bits per heavy atom. The van der Waals surface area contributed by atoms with Crippen LogP contribution < -0.4 is 0 Å². The summed E-state index contributed by atoms with van der Waals surface area (Å²) in [5.74, 6) is 1.28. The summed E-state index contributed by atoms with van der Waals surface area (Å²) in [5, 5.41) is 0. The molecule has 1 aromatic carbocycles. The monoisotopic (exact) mass is 298 g/mol. The second-order valence-electron chi connectivity index (χ2n) is 6.45. The van der Waals surface area contributed by atoms with Crippen molar-refractivity contribution >= 4 is 0 Å². The normalized spacial score (nSPS) is 11.3. The van der Waals surface area contributed by atoms with E-state index in [-0.39, 0.29) is 0 Å². The quantitative estimate of drug-likeness (QED) is 0.569. The van der Waals surface area contributed by atoms with Gasteiger partial charge in [0, 0.05) is 18.7 Å². The van der Waals surface area contributed by atoms with Gasteiger partial charge < -0.3 is 4.57 Å². The number of benzene rings is 1. The van der Waals surface area contributed by atoms with E-state index in [0.29, 0.717) is 6.04 Å². The van der Waals surface area contributed by atoms with Crippen LogP contribution in [0.15, 0.2) is 36.5 Å². The number of hydrogen-bond acceptors (Lipinski definition) is 1. The van der Waals surface area contributed by atoms with Crippen LogP contribution in [0.3, 0.4) is 0 Å². The standard InChI is InChI=1S/C20H30N2/c1-4-5-7-15-20-21-19(16-22(20)17(2)3)14-10-13-18-11-8-6-9-12-18/h6,8-9,11-12,16-17H,4-5,7,10,13-15H2,1-3H3. The summed E-state index contributed by atoms with van der Waals surface area (Å²) in [6.07, 6.45) is 10.6. The molecular weight excluding hydrogens is 268 g/mol. The third-order valence-corrected chi connectivity index (χ3v) is 4.16. The molecule has 0 fully saturated rings. The fraction of sp³-hybridized carbons (Fsp3) is 0.550. The molecule has 0 bridgehead atoms. The Labute approximate surface area is 135 Å². The van der Waals surface area contributed by atoms with E-state index in [2.05, 4.69) is 61.9 Å². The molecule has 0 unspecified atom stereocenters. The van der Waals surface area contributed by atoms with Gasteiger partial charge in [0.2, 0.25) is 0 Å². The van der Waals surface area contributed by atoms with Crippen LogP contribution in [0.5, 0.6) is 0 Å². The number of imidazole rings is 1. The van der Waals surface area contributed by atoms with Gasteiger partial charge in [-0.2, -0.15) is 0 Å². The van der Waals surface area contributed by atoms with Gasteiger partial charge in [0.05, 0.1) is 5.69 Å². The Bertz CT molecular complexity index is 540. The van der Waals surface area contributed by atoms with Crippen LogP contribution in [0.1, 0.15) is 69.6 Å². The molecule has 2 aromatic rings. The highest BCUT2D eigenvalue weighted by Gasteiger charge is 2.10. The first-order valence-electron chi connectivity index (χ1n) is 8.81. The van der Waals surface area contributed by atoms with Crippen molar-refractivity contribution in [1.82, 2.24) is 9.55 Å². The van der Waals surface area contributed by atoms with Crippen LogP contribution in [0.25, 0.3) is 0 Å². The van der Waals surface area contributed by atoms with Crippen molar-refractivity contribution in [3.8, 4) is 0 Å². The largest absolute Gasteiger partial charge is 0.332 e. The van der Waals surface area contributed by atoms with Crippen molar-refractivity contribution in [1.29, 1.82) is 0 Å². The van der Waals surface area contributed by atoms with Crippen molar-refractivity contribution in [3.05, 3.63) is 53.6 Å². The second kappa shape index (κ2) is 8.77. The van der Waals surface area contributed by atoms with Gasteiger partial charge in [-0.05, 0) is 45.1 Å². The number of aromatic nitrogens is 2. The first kappa shape index (κ1) is 16.8. The van der Waals surface area contributed by atoms with E-state index in [1.807, 2.05) is 0 Å². The van der Waals surface area contributed by atoms with Crippen molar-refractivity contribution in [2.45, 2.75) is 71.8 Å². The third-order valence-electron chi connectivity index (χ3n) is 4.16. The molecule has 0 radical (unpaired) electrons. The van der Waals surface area contributed by atoms with Crippen molar-refractivity contribution in [2.24, 2.45) is 0 Å². The molecule has 0 saturated carbocycles. The van der Waals surface area contributed by atoms with E-state index >= 15 is 0 Å². The van der Waals surface area contributed by atoms with Crippen molar-refractivity contribution < 1.29 is 0 Å². The molecular formula is C20H30N2. The Morgan fingerprint density at radius 1 is 0.955 bits per heavy atom. The molecule has 0 aliphatic carbocycles. The minimum atomic E-state index is 0.506. The van der Waals surface area contributed by atoms with Crippen LogP contribution in [0.4, 0.5) is 0 Å². The van der Waals surface area contributed by atoms with Crippen LogP contribution in [-0.4, -0.2) is 9.55 Å². The van der Waals surface area contributed by atoms with Gasteiger partial charge >= 0.3 is 0 Å². The average Bonchev–Trinajstić information content (AvgIpc) is 2.92. The first-order valence-corrected chi connectivity index (χ1v) is 8.81. The molecule has 0 aliphatic heterocycles. The SMILES string of the molecule is CCCCCc1nc(CCCc2ccccc2)cn1C(C)C. The summed E-state index contributed by atoms with van der Waals surface area (Å²) >= 11 is 0. The molecule has 0 saturated heterocycles. The molecule has 2 heteroatoms. The molecule has 0 amide bonds. The summed E-state index contributed by atoms with van der Waals surface area (Å²) in [6.45, 7) is 6.75. The van der Waals surface area contributed by atoms with Gasteiger partial charge in [-0.25, -0.2) is 4.98 Å². The Hall–Kier alpha value is -1.57. The molecule has 1 aromatic heterocycles. The Kier molecular flexibility index (Phi) is 6.70.